The van der Waals surface area contributed by atoms with Crippen LogP contribution in [0, 0.1) is 35.4 Å². The van der Waals surface area contributed by atoms with Crippen molar-refractivity contribution in [1.82, 2.24) is 0 Å². The van der Waals surface area contributed by atoms with Gasteiger partial charge in [0.05, 0.1) is 11.6 Å². The summed E-state index contributed by atoms with van der Waals surface area (Å²) in [6.07, 6.45) is 0. The second kappa shape index (κ2) is 5.51. The van der Waals surface area contributed by atoms with Gasteiger partial charge in [-0.25, -0.2) is 4.39 Å². The highest BCUT2D eigenvalue weighted by Crippen LogP contribution is 2.22. The van der Waals surface area contributed by atoms with E-state index in [-0.39, 0.29) is 5.56 Å². The van der Waals surface area contributed by atoms with Crippen molar-refractivity contribution in [2.24, 2.45) is 0 Å². The smallest absolute Gasteiger partial charge is 0.129 e. The van der Waals surface area contributed by atoms with Crippen LogP contribution in [-0.2, 0) is 6.54 Å². The molecule has 1 aromatic carbocycles. The van der Waals surface area contributed by atoms with Crippen LogP contribution >= 0.6 is 11.3 Å². The summed E-state index contributed by atoms with van der Waals surface area (Å²) < 4.78 is 13.6. The number of nitriles is 2. The molecule has 0 aliphatic carbocycles. The highest BCUT2D eigenvalue weighted by Gasteiger charge is 2.07. The summed E-state index contributed by atoms with van der Waals surface area (Å²) in [5.74, 6) is -0.398. The number of hydrogen-bond acceptors (Lipinski definition) is 4. The van der Waals surface area contributed by atoms with Crippen LogP contribution in [0.25, 0.3) is 0 Å². The number of benzene rings is 1. The Morgan fingerprint density at radius 2 is 2.05 bits per heavy atom. The van der Waals surface area contributed by atoms with Crippen molar-refractivity contribution in [3.63, 3.8) is 0 Å². The lowest BCUT2D eigenvalue weighted by molar-refractivity contribution is 0.618. The molecule has 0 amide bonds. The quantitative estimate of drug-likeness (QED) is 0.928. The minimum absolute atomic E-state index is 0.287. The zero-order chi connectivity index (χ0) is 13.8. The largest absolute Gasteiger partial charge is 0.380 e. The number of halogens is 1. The lowest BCUT2D eigenvalue weighted by atomic mass is 10.1. The Hall–Kier alpha value is -2.37. The minimum Gasteiger partial charge on any atom is -0.380 e. The van der Waals surface area contributed by atoms with Gasteiger partial charge in [0, 0.05) is 22.7 Å². The van der Waals surface area contributed by atoms with Gasteiger partial charge in [0.2, 0.25) is 0 Å². The maximum absolute atomic E-state index is 13.6. The second-order valence-corrected chi connectivity index (χ2v) is 5.14. The molecule has 2 aromatic rings. The predicted octanol–water partition coefficient (Wildman–Crippen LogP) is 3.55. The van der Waals surface area contributed by atoms with E-state index in [4.69, 9.17) is 10.5 Å². The molecule has 0 atom stereocenters. The lowest BCUT2D eigenvalue weighted by Gasteiger charge is -2.09. The molecule has 3 nitrogen and oxygen atoms in total. The molecule has 19 heavy (non-hydrogen) atoms. The third-order valence-corrected chi connectivity index (χ3v) is 3.69. The Bertz CT molecular complexity index is 692. The second-order valence-electron chi connectivity index (χ2n) is 3.97. The average Bonchev–Trinajstić information content (AvgIpc) is 2.88. The maximum Gasteiger partial charge on any atom is 0.129 e. The van der Waals surface area contributed by atoms with Gasteiger partial charge in [0.25, 0.3) is 0 Å². The van der Waals surface area contributed by atoms with Crippen molar-refractivity contribution < 1.29 is 4.39 Å². The van der Waals surface area contributed by atoms with Crippen molar-refractivity contribution in [3.8, 4) is 12.1 Å². The molecule has 94 valence electrons. The van der Waals surface area contributed by atoms with Crippen LogP contribution in [0.4, 0.5) is 10.1 Å². The molecule has 2 rings (SSSR count). The number of hydrogen-bond donors (Lipinski definition) is 1. The van der Waals surface area contributed by atoms with E-state index in [2.05, 4.69) is 11.4 Å². The van der Waals surface area contributed by atoms with Crippen LogP contribution in [0.5, 0.6) is 0 Å². The van der Waals surface area contributed by atoms with Gasteiger partial charge in [-0.3, -0.25) is 0 Å². The molecular formula is C14H10FN3S. The summed E-state index contributed by atoms with van der Waals surface area (Å²) in [5, 5.41) is 20.7. The van der Waals surface area contributed by atoms with Gasteiger partial charge in [-0.2, -0.15) is 10.5 Å². The van der Waals surface area contributed by atoms with Gasteiger partial charge in [-0.15, -0.1) is 11.3 Å². The van der Waals surface area contributed by atoms with Crippen molar-refractivity contribution in [2.45, 2.75) is 13.5 Å². The molecule has 0 unspecified atom stereocenters. The molecule has 1 N–H and O–H groups in total. The molecule has 1 heterocycles. The third kappa shape index (κ3) is 2.90. The van der Waals surface area contributed by atoms with E-state index in [0.717, 1.165) is 4.88 Å². The minimum atomic E-state index is -0.398. The van der Waals surface area contributed by atoms with E-state index >= 15 is 0 Å². The van der Waals surface area contributed by atoms with Gasteiger partial charge in [0.1, 0.15) is 16.8 Å². The van der Waals surface area contributed by atoms with E-state index in [1.807, 2.05) is 12.1 Å². The van der Waals surface area contributed by atoms with E-state index in [1.165, 1.54) is 17.4 Å². The van der Waals surface area contributed by atoms with Gasteiger partial charge in [-0.1, -0.05) is 0 Å². The molecule has 5 heteroatoms. The number of rotatable bonds is 3. The van der Waals surface area contributed by atoms with Crippen LogP contribution < -0.4 is 5.32 Å². The molecule has 0 radical (unpaired) electrons. The highest BCUT2D eigenvalue weighted by atomic mass is 32.1. The molecule has 0 saturated carbocycles. The number of anilines is 1. The standard InChI is InChI=1S/C14H10FN3S/c1-9-13(15)4-10(6-16)5-14(9)18-8-12-3-2-11(7-17)19-12/h2-5,18H,8H2,1H3. The first kappa shape index (κ1) is 13.1. The lowest BCUT2D eigenvalue weighted by Crippen LogP contribution is -2.01. The summed E-state index contributed by atoms with van der Waals surface area (Å²) in [6.45, 7) is 2.16. The van der Waals surface area contributed by atoms with Gasteiger partial charge in [0.15, 0.2) is 0 Å². The topological polar surface area (TPSA) is 59.6 Å². The monoisotopic (exact) mass is 271 g/mol. The zero-order valence-electron chi connectivity index (χ0n) is 10.2. The van der Waals surface area contributed by atoms with Gasteiger partial charge in [-0.05, 0) is 31.2 Å². The van der Waals surface area contributed by atoms with Crippen molar-refractivity contribution in [2.75, 3.05) is 5.32 Å². The average molecular weight is 271 g/mol. The van der Waals surface area contributed by atoms with Gasteiger partial charge < -0.3 is 5.32 Å². The molecule has 0 bridgehead atoms. The zero-order valence-corrected chi connectivity index (χ0v) is 11.0. The van der Waals surface area contributed by atoms with Crippen LogP contribution in [0.1, 0.15) is 20.9 Å². The fourth-order valence-electron chi connectivity index (χ4n) is 1.64. The highest BCUT2D eigenvalue weighted by molar-refractivity contribution is 7.12. The van der Waals surface area contributed by atoms with E-state index in [1.54, 1.807) is 19.1 Å². The summed E-state index contributed by atoms with van der Waals surface area (Å²) in [5.41, 5.74) is 1.37. The normalized spacial score (nSPS) is 9.68. The first-order valence-corrected chi connectivity index (χ1v) is 6.38. The molecule has 0 aliphatic heterocycles. The molecule has 0 aliphatic rings. The molecular weight excluding hydrogens is 261 g/mol. The van der Waals surface area contributed by atoms with Crippen molar-refractivity contribution in [3.05, 3.63) is 51.0 Å². The van der Waals surface area contributed by atoms with Crippen LogP contribution in [0.15, 0.2) is 24.3 Å². The summed E-state index contributed by atoms with van der Waals surface area (Å²) in [4.78, 5) is 1.63. The number of nitrogens with one attached hydrogen (secondary N) is 1. The predicted molar refractivity (Wildman–Crippen MR) is 72.2 cm³/mol. The van der Waals surface area contributed by atoms with E-state index in [9.17, 15) is 4.39 Å². The van der Waals surface area contributed by atoms with Crippen LogP contribution in [-0.4, -0.2) is 0 Å². The van der Waals surface area contributed by atoms with Crippen LogP contribution in [0.2, 0.25) is 0 Å². The van der Waals surface area contributed by atoms with Crippen molar-refractivity contribution >= 4 is 17.0 Å². The van der Waals surface area contributed by atoms with Gasteiger partial charge >= 0.3 is 0 Å². The molecule has 0 fully saturated rings. The maximum atomic E-state index is 13.6. The Balaban J connectivity index is 2.18. The molecule has 0 spiro atoms. The Labute approximate surface area is 114 Å². The molecule has 0 saturated heterocycles. The fraction of sp³-hybridized carbons (Fsp3) is 0.143. The van der Waals surface area contributed by atoms with Crippen molar-refractivity contribution in [1.29, 1.82) is 10.5 Å². The summed E-state index contributed by atoms with van der Waals surface area (Å²) in [6, 6.07) is 10.5. The summed E-state index contributed by atoms with van der Waals surface area (Å²) in [7, 11) is 0. The van der Waals surface area contributed by atoms with E-state index < -0.39 is 5.82 Å². The first-order valence-electron chi connectivity index (χ1n) is 5.57. The third-order valence-electron chi connectivity index (χ3n) is 2.70. The number of thiophene rings is 1. The Morgan fingerprint density at radius 3 is 2.68 bits per heavy atom. The molecule has 1 aromatic heterocycles. The van der Waals surface area contributed by atoms with Crippen LogP contribution in [0.3, 0.4) is 0 Å². The van der Waals surface area contributed by atoms with E-state index in [0.29, 0.717) is 22.7 Å². The summed E-state index contributed by atoms with van der Waals surface area (Å²) >= 11 is 1.39. The Kier molecular flexibility index (Phi) is 3.79. The fourth-order valence-corrected chi connectivity index (χ4v) is 2.39. The number of nitrogens with zero attached hydrogens (tertiary/aromatic N) is 2. The first-order chi connectivity index (χ1) is 9.13. The Morgan fingerprint density at radius 1 is 1.26 bits per heavy atom. The SMILES string of the molecule is Cc1c(F)cc(C#N)cc1NCc1ccc(C#N)s1.